The number of unbranched alkanes of at least 4 members (excludes halogenated alkanes) is 1. The molecule has 0 unspecified atom stereocenters. The number of aryl methyl sites for hydroxylation is 2. The fraction of sp³-hybridized carbons (Fsp3) is 0.500. The third-order valence-corrected chi connectivity index (χ3v) is 2.47. The molecule has 0 aromatic heterocycles. The quantitative estimate of drug-likeness (QED) is 0.681. The number of hydrogen-bond donors (Lipinski definition) is 1. The minimum Gasteiger partial charge on any atom is -0.179 e. The Morgan fingerprint density at radius 1 is 1.00 bits per heavy atom. The van der Waals surface area contributed by atoms with Crippen molar-refractivity contribution in [2.45, 2.75) is 32.6 Å². The Hall–Kier alpha value is -0.430. The topological polar surface area (TPSA) is 0 Å². The summed E-state index contributed by atoms with van der Waals surface area (Å²) in [4.78, 5) is 0. The maximum atomic E-state index is 4.21. The SMILES string of the molecule is CCCCc1ccc(CCS)cc1. The molecular weight excluding hydrogens is 176 g/mol. The highest BCUT2D eigenvalue weighted by Crippen LogP contribution is 2.08. The van der Waals surface area contributed by atoms with E-state index in [0.717, 1.165) is 12.2 Å². The highest BCUT2D eigenvalue weighted by molar-refractivity contribution is 7.80. The van der Waals surface area contributed by atoms with Crippen LogP contribution in [0.5, 0.6) is 0 Å². The van der Waals surface area contributed by atoms with Gasteiger partial charge in [0.2, 0.25) is 0 Å². The van der Waals surface area contributed by atoms with E-state index < -0.39 is 0 Å². The summed E-state index contributed by atoms with van der Waals surface area (Å²) < 4.78 is 0. The van der Waals surface area contributed by atoms with E-state index in [-0.39, 0.29) is 0 Å². The second kappa shape index (κ2) is 6.09. The average molecular weight is 194 g/mol. The Bertz CT molecular complexity index is 225. The highest BCUT2D eigenvalue weighted by atomic mass is 32.1. The standard InChI is InChI=1S/C12H18S/c1-2-3-4-11-5-7-12(8-6-11)9-10-13/h5-8,13H,2-4,9-10H2,1H3. The van der Waals surface area contributed by atoms with Gasteiger partial charge in [-0.1, -0.05) is 37.6 Å². The van der Waals surface area contributed by atoms with E-state index in [4.69, 9.17) is 0 Å². The molecule has 0 N–H and O–H groups in total. The van der Waals surface area contributed by atoms with Gasteiger partial charge in [-0.2, -0.15) is 12.6 Å². The Labute approximate surface area is 86.8 Å². The van der Waals surface area contributed by atoms with Crippen molar-refractivity contribution >= 4 is 12.6 Å². The lowest BCUT2D eigenvalue weighted by Crippen LogP contribution is -1.88. The van der Waals surface area contributed by atoms with Gasteiger partial charge in [0.1, 0.15) is 0 Å². The van der Waals surface area contributed by atoms with Gasteiger partial charge >= 0.3 is 0 Å². The highest BCUT2D eigenvalue weighted by Gasteiger charge is 1.93. The summed E-state index contributed by atoms with van der Waals surface area (Å²) in [5.74, 6) is 0.939. The first kappa shape index (κ1) is 10.6. The van der Waals surface area contributed by atoms with Gasteiger partial charge in [0.25, 0.3) is 0 Å². The fourth-order valence-electron chi connectivity index (χ4n) is 1.38. The monoisotopic (exact) mass is 194 g/mol. The lowest BCUT2D eigenvalue weighted by atomic mass is 10.1. The van der Waals surface area contributed by atoms with Gasteiger partial charge in [0.15, 0.2) is 0 Å². The van der Waals surface area contributed by atoms with E-state index >= 15 is 0 Å². The van der Waals surface area contributed by atoms with Crippen molar-refractivity contribution in [1.29, 1.82) is 0 Å². The number of benzene rings is 1. The molecule has 13 heavy (non-hydrogen) atoms. The van der Waals surface area contributed by atoms with Gasteiger partial charge < -0.3 is 0 Å². The van der Waals surface area contributed by atoms with Crippen LogP contribution in [0.2, 0.25) is 0 Å². The van der Waals surface area contributed by atoms with Gasteiger partial charge in [-0.05, 0) is 36.1 Å². The second-order valence-electron chi connectivity index (χ2n) is 3.39. The molecule has 0 aliphatic heterocycles. The van der Waals surface area contributed by atoms with Crippen molar-refractivity contribution in [3.63, 3.8) is 0 Å². The van der Waals surface area contributed by atoms with E-state index in [2.05, 4.69) is 43.8 Å². The minimum absolute atomic E-state index is 0.939. The molecule has 0 amide bonds. The fourth-order valence-corrected chi connectivity index (χ4v) is 1.64. The summed E-state index contributed by atoms with van der Waals surface area (Å²) in [7, 11) is 0. The van der Waals surface area contributed by atoms with E-state index in [1.54, 1.807) is 0 Å². The Morgan fingerprint density at radius 3 is 2.00 bits per heavy atom. The van der Waals surface area contributed by atoms with Crippen molar-refractivity contribution in [2.75, 3.05) is 5.75 Å². The van der Waals surface area contributed by atoms with Crippen molar-refractivity contribution in [1.82, 2.24) is 0 Å². The largest absolute Gasteiger partial charge is 0.179 e. The van der Waals surface area contributed by atoms with Crippen molar-refractivity contribution in [3.05, 3.63) is 35.4 Å². The third-order valence-electron chi connectivity index (χ3n) is 2.24. The summed E-state index contributed by atoms with van der Waals surface area (Å²) in [5, 5.41) is 0. The van der Waals surface area contributed by atoms with Crippen LogP contribution in [-0.2, 0) is 12.8 Å². The zero-order valence-electron chi connectivity index (χ0n) is 8.29. The number of hydrogen-bond acceptors (Lipinski definition) is 1. The molecule has 0 aliphatic rings. The summed E-state index contributed by atoms with van der Waals surface area (Å²) >= 11 is 4.21. The summed E-state index contributed by atoms with van der Waals surface area (Å²) in [5.41, 5.74) is 2.86. The Kier molecular flexibility index (Phi) is 4.99. The zero-order chi connectivity index (χ0) is 9.52. The first-order chi connectivity index (χ1) is 6.36. The van der Waals surface area contributed by atoms with Gasteiger partial charge in [-0.3, -0.25) is 0 Å². The van der Waals surface area contributed by atoms with E-state index in [1.165, 1.54) is 30.4 Å². The Morgan fingerprint density at radius 2 is 1.54 bits per heavy atom. The third kappa shape index (κ3) is 3.86. The van der Waals surface area contributed by atoms with Crippen LogP contribution >= 0.6 is 12.6 Å². The molecule has 1 rings (SSSR count). The average Bonchev–Trinajstić information content (AvgIpc) is 2.17. The maximum Gasteiger partial charge on any atom is -0.00574 e. The second-order valence-corrected chi connectivity index (χ2v) is 3.84. The van der Waals surface area contributed by atoms with Crippen LogP contribution in [0.4, 0.5) is 0 Å². The van der Waals surface area contributed by atoms with Crippen LogP contribution in [0.1, 0.15) is 30.9 Å². The molecule has 1 heteroatoms. The normalized spacial score (nSPS) is 10.3. The van der Waals surface area contributed by atoms with Crippen LogP contribution in [0.3, 0.4) is 0 Å². The van der Waals surface area contributed by atoms with Crippen LogP contribution in [0.25, 0.3) is 0 Å². The summed E-state index contributed by atoms with van der Waals surface area (Å²) in [6.45, 7) is 2.23. The molecule has 0 spiro atoms. The molecule has 0 atom stereocenters. The summed E-state index contributed by atoms with van der Waals surface area (Å²) in [6, 6.07) is 8.94. The lowest BCUT2D eigenvalue weighted by molar-refractivity contribution is 0.794. The first-order valence-electron chi connectivity index (χ1n) is 5.05. The maximum absolute atomic E-state index is 4.21. The molecule has 0 fully saturated rings. The lowest BCUT2D eigenvalue weighted by Gasteiger charge is -2.01. The molecule has 72 valence electrons. The number of thiol groups is 1. The van der Waals surface area contributed by atoms with Crippen LogP contribution in [0.15, 0.2) is 24.3 Å². The summed E-state index contributed by atoms with van der Waals surface area (Å²) in [6.07, 6.45) is 4.87. The molecular formula is C12H18S. The molecule has 1 aromatic carbocycles. The molecule has 0 radical (unpaired) electrons. The predicted molar refractivity (Wildman–Crippen MR) is 62.6 cm³/mol. The molecule has 0 bridgehead atoms. The van der Waals surface area contributed by atoms with Crippen molar-refractivity contribution in [2.24, 2.45) is 0 Å². The first-order valence-corrected chi connectivity index (χ1v) is 5.68. The minimum atomic E-state index is 0.939. The van der Waals surface area contributed by atoms with E-state index in [0.29, 0.717) is 0 Å². The zero-order valence-corrected chi connectivity index (χ0v) is 9.19. The van der Waals surface area contributed by atoms with E-state index in [9.17, 15) is 0 Å². The smallest absolute Gasteiger partial charge is 0.00574 e. The molecule has 1 aromatic rings. The van der Waals surface area contributed by atoms with Crippen LogP contribution in [0, 0.1) is 0 Å². The molecule has 0 aliphatic carbocycles. The van der Waals surface area contributed by atoms with Gasteiger partial charge in [0.05, 0.1) is 0 Å². The van der Waals surface area contributed by atoms with Gasteiger partial charge in [-0.15, -0.1) is 0 Å². The van der Waals surface area contributed by atoms with Gasteiger partial charge in [0, 0.05) is 0 Å². The van der Waals surface area contributed by atoms with Crippen LogP contribution in [-0.4, -0.2) is 5.75 Å². The van der Waals surface area contributed by atoms with Crippen LogP contribution < -0.4 is 0 Å². The molecule has 0 saturated carbocycles. The van der Waals surface area contributed by atoms with Crippen molar-refractivity contribution < 1.29 is 0 Å². The molecule has 0 saturated heterocycles. The van der Waals surface area contributed by atoms with E-state index in [1.807, 2.05) is 0 Å². The van der Waals surface area contributed by atoms with Crippen molar-refractivity contribution in [3.8, 4) is 0 Å². The van der Waals surface area contributed by atoms with Gasteiger partial charge in [-0.25, -0.2) is 0 Å². The molecule has 0 nitrogen and oxygen atoms in total. The predicted octanol–water partition coefficient (Wildman–Crippen LogP) is 3.50. The Balaban J connectivity index is 2.48. The number of rotatable bonds is 5. The molecule has 0 heterocycles.